The first-order chi connectivity index (χ1) is 13.4. The number of nitrogens with zero attached hydrogens (tertiary/aromatic N) is 6. The molecule has 9 nitrogen and oxygen atoms in total. The van der Waals surface area contributed by atoms with E-state index in [0.29, 0.717) is 12.4 Å². The summed E-state index contributed by atoms with van der Waals surface area (Å²) < 4.78 is 27.4. The van der Waals surface area contributed by atoms with E-state index in [4.69, 9.17) is 0 Å². The number of rotatable bonds is 4. The molecular formula is C18H21N7O2S. The molecule has 1 unspecified atom stereocenters. The quantitative estimate of drug-likeness (QED) is 0.839. The number of amidine groups is 2. The first-order valence-electron chi connectivity index (χ1n) is 8.72. The fraction of sp³-hybridized carbons (Fsp3) is 0.278. The maximum Gasteiger partial charge on any atom is 0.242 e. The van der Waals surface area contributed by atoms with Gasteiger partial charge in [-0.25, -0.2) is 17.7 Å². The lowest BCUT2D eigenvalue weighted by Gasteiger charge is -2.26. The van der Waals surface area contributed by atoms with Crippen LogP contribution in [0.4, 0.5) is 5.69 Å². The number of hydrogen-bond acceptors (Lipinski definition) is 7. The fourth-order valence-electron chi connectivity index (χ4n) is 3.12. The number of benzene rings is 1. The van der Waals surface area contributed by atoms with Crippen molar-refractivity contribution in [2.45, 2.75) is 10.9 Å². The van der Waals surface area contributed by atoms with Crippen molar-refractivity contribution in [3.8, 4) is 0 Å². The number of nitrogens with one attached hydrogen (secondary N) is 1. The van der Waals surface area contributed by atoms with Gasteiger partial charge in [0.1, 0.15) is 0 Å². The van der Waals surface area contributed by atoms with Crippen molar-refractivity contribution in [3.05, 3.63) is 54.6 Å². The SMILES string of the molecule is CN(C)S(=O)(=O)c1ccc(NC2=NC=CN3C2=NCC3c2cnn(C)c2)cc1. The van der Waals surface area contributed by atoms with E-state index in [2.05, 4.69) is 25.3 Å². The number of anilines is 1. The molecule has 0 spiro atoms. The smallest absolute Gasteiger partial charge is 0.242 e. The molecule has 1 N–H and O–H groups in total. The van der Waals surface area contributed by atoms with Gasteiger partial charge in [0.15, 0.2) is 11.7 Å². The van der Waals surface area contributed by atoms with Gasteiger partial charge in [-0.3, -0.25) is 9.67 Å². The predicted molar refractivity (Wildman–Crippen MR) is 108 cm³/mol. The molecule has 0 saturated carbocycles. The zero-order chi connectivity index (χ0) is 19.9. The second-order valence-electron chi connectivity index (χ2n) is 6.75. The van der Waals surface area contributed by atoms with Gasteiger partial charge in [0.05, 0.1) is 23.7 Å². The third-order valence-electron chi connectivity index (χ3n) is 4.64. The summed E-state index contributed by atoms with van der Waals surface area (Å²) in [6, 6.07) is 6.67. The highest BCUT2D eigenvalue weighted by molar-refractivity contribution is 7.89. The first kappa shape index (κ1) is 18.4. The Bertz CT molecular complexity index is 1080. The van der Waals surface area contributed by atoms with Crippen LogP contribution in [-0.2, 0) is 17.1 Å². The minimum absolute atomic E-state index is 0.0832. The molecule has 4 rings (SSSR count). The Morgan fingerprint density at radius 1 is 1.21 bits per heavy atom. The lowest BCUT2D eigenvalue weighted by atomic mass is 10.1. The van der Waals surface area contributed by atoms with Crippen molar-refractivity contribution in [3.63, 3.8) is 0 Å². The third kappa shape index (κ3) is 3.20. The van der Waals surface area contributed by atoms with Crippen molar-refractivity contribution in [2.75, 3.05) is 26.0 Å². The maximum absolute atomic E-state index is 12.2. The molecule has 2 aliphatic heterocycles. The van der Waals surface area contributed by atoms with Crippen molar-refractivity contribution >= 4 is 27.4 Å². The van der Waals surface area contributed by atoms with E-state index in [-0.39, 0.29) is 10.9 Å². The molecule has 1 aromatic carbocycles. The standard InChI is InChI=1S/C18H21N7O2S/c1-23(2)28(26,27)15-6-4-14(5-7-15)22-17-18-20-11-16(25(18)9-8-19-17)13-10-21-24(3)12-13/h4-10,12,16H,11H2,1-3H3,(H,19,22). The summed E-state index contributed by atoms with van der Waals surface area (Å²) in [4.78, 5) is 11.4. The fourth-order valence-corrected chi connectivity index (χ4v) is 4.03. The molecule has 0 bridgehead atoms. The molecule has 3 heterocycles. The molecule has 10 heteroatoms. The minimum Gasteiger partial charge on any atom is -0.337 e. The van der Waals surface area contributed by atoms with Crippen LogP contribution in [0.15, 0.2) is 63.9 Å². The molecule has 28 heavy (non-hydrogen) atoms. The molecule has 1 aromatic heterocycles. The van der Waals surface area contributed by atoms with Gasteiger partial charge in [-0.2, -0.15) is 5.10 Å². The molecule has 2 aromatic rings. The number of aromatic nitrogens is 2. The topological polar surface area (TPSA) is 95.2 Å². The van der Waals surface area contributed by atoms with E-state index in [0.717, 1.165) is 17.1 Å². The van der Waals surface area contributed by atoms with Gasteiger partial charge in [-0.05, 0) is 24.3 Å². The minimum atomic E-state index is -3.45. The molecule has 0 radical (unpaired) electrons. The maximum atomic E-state index is 12.2. The highest BCUT2D eigenvalue weighted by Gasteiger charge is 2.32. The normalized spacial score (nSPS) is 18.9. The molecule has 1 atom stereocenters. The Morgan fingerprint density at radius 3 is 2.61 bits per heavy atom. The van der Waals surface area contributed by atoms with Crippen LogP contribution in [0.1, 0.15) is 11.6 Å². The van der Waals surface area contributed by atoms with Crippen LogP contribution in [0, 0.1) is 0 Å². The Kier molecular flexibility index (Phi) is 4.52. The van der Waals surface area contributed by atoms with Crippen LogP contribution >= 0.6 is 0 Å². The Balaban J connectivity index is 1.52. The average Bonchev–Trinajstić information content (AvgIpc) is 3.28. The van der Waals surface area contributed by atoms with E-state index in [1.807, 2.05) is 25.6 Å². The monoisotopic (exact) mass is 399 g/mol. The molecule has 2 aliphatic rings. The zero-order valence-electron chi connectivity index (χ0n) is 15.8. The van der Waals surface area contributed by atoms with Crippen LogP contribution in [0.5, 0.6) is 0 Å². The summed E-state index contributed by atoms with van der Waals surface area (Å²) in [6.45, 7) is 0.617. The van der Waals surface area contributed by atoms with E-state index < -0.39 is 10.0 Å². The van der Waals surface area contributed by atoms with Gasteiger partial charge in [-0.15, -0.1) is 0 Å². The van der Waals surface area contributed by atoms with Crippen molar-refractivity contribution < 1.29 is 8.42 Å². The van der Waals surface area contributed by atoms with Gasteiger partial charge in [0, 0.05) is 51.0 Å². The number of fused-ring (bicyclic) bond motifs is 1. The van der Waals surface area contributed by atoms with Crippen molar-refractivity contribution in [1.82, 2.24) is 19.0 Å². The Hall–Kier alpha value is -2.98. The molecule has 0 saturated heterocycles. The second kappa shape index (κ2) is 6.88. The molecule has 0 fully saturated rings. The van der Waals surface area contributed by atoms with Crippen LogP contribution in [0.25, 0.3) is 0 Å². The highest BCUT2D eigenvalue weighted by Crippen LogP contribution is 2.29. The van der Waals surface area contributed by atoms with Crippen molar-refractivity contribution in [1.29, 1.82) is 0 Å². The second-order valence-corrected chi connectivity index (χ2v) is 8.90. The number of sulfonamides is 1. The summed E-state index contributed by atoms with van der Waals surface area (Å²) in [5.41, 5.74) is 1.82. The summed E-state index contributed by atoms with van der Waals surface area (Å²) in [5.74, 6) is 1.37. The number of aliphatic imine (C=N–C) groups is 2. The predicted octanol–water partition coefficient (Wildman–Crippen LogP) is 1.42. The Labute approximate surface area is 163 Å². The van der Waals surface area contributed by atoms with Gasteiger partial charge in [0.2, 0.25) is 10.0 Å². The molecule has 146 valence electrons. The molecular weight excluding hydrogens is 378 g/mol. The lowest BCUT2D eigenvalue weighted by Crippen LogP contribution is -2.37. The van der Waals surface area contributed by atoms with Gasteiger partial charge < -0.3 is 10.2 Å². The summed E-state index contributed by atoms with van der Waals surface area (Å²) in [5, 5.41) is 7.48. The van der Waals surface area contributed by atoms with Crippen LogP contribution in [0.2, 0.25) is 0 Å². The van der Waals surface area contributed by atoms with Crippen LogP contribution in [0.3, 0.4) is 0 Å². The molecule has 0 aliphatic carbocycles. The van der Waals surface area contributed by atoms with Gasteiger partial charge in [0.25, 0.3) is 0 Å². The van der Waals surface area contributed by atoms with E-state index in [9.17, 15) is 8.42 Å². The lowest BCUT2D eigenvalue weighted by molar-refractivity contribution is 0.458. The first-order valence-corrected chi connectivity index (χ1v) is 10.2. The van der Waals surface area contributed by atoms with Crippen molar-refractivity contribution in [2.24, 2.45) is 17.0 Å². The molecule has 0 amide bonds. The van der Waals surface area contributed by atoms with Gasteiger partial charge in [-0.1, -0.05) is 0 Å². The number of aryl methyl sites for hydroxylation is 1. The van der Waals surface area contributed by atoms with E-state index >= 15 is 0 Å². The number of hydrogen-bond donors (Lipinski definition) is 1. The Morgan fingerprint density at radius 2 is 1.96 bits per heavy atom. The van der Waals surface area contributed by atoms with Crippen LogP contribution in [-0.4, -0.2) is 59.7 Å². The summed E-state index contributed by atoms with van der Waals surface area (Å²) >= 11 is 0. The summed E-state index contributed by atoms with van der Waals surface area (Å²) in [6.07, 6.45) is 7.46. The third-order valence-corrected chi connectivity index (χ3v) is 6.47. The largest absolute Gasteiger partial charge is 0.337 e. The average molecular weight is 399 g/mol. The van der Waals surface area contributed by atoms with Gasteiger partial charge >= 0.3 is 0 Å². The highest BCUT2D eigenvalue weighted by atomic mass is 32.2. The van der Waals surface area contributed by atoms with E-state index in [1.54, 1.807) is 35.1 Å². The van der Waals surface area contributed by atoms with Crippen LogP contribution < -0.4 is 5.32 Å². The van der Waals surface area contributed by atoms with E-state index in [1.165, 1.54) is 18.4 Å². The summed E-state index contributed by atoms with van der Waals surface area (Å²) in [7, 11) is 1.46. The zero-order valence-corrected chi connectivity index (χ0v) is 16.6.